The van der Waals surface area contributed by atoms with Crippen LogP contribution in [0, 0.1) is 0 Å². The first-order chi connectivity index (χ1) is 12.1. The Labute approximate surface area is 143 Å². The minimum atomic E-state index is -2.93. The summed E-state index contributed by atoms with van der Waals surface area (Å²) in [5.74, 6) is 0.727. The Morgan fingerprint density at radius 3 is 2.84 bits per heavy atom. The van der Waals surface area contributed by atoms with E-state index in [0.717, 1.165) is 17.7 Å². The summed E-state index contributed by atoms with van der Waals surface area (Å²) in [6.45, 7) is -2.06. The molecular weight excluding hydrogens is 332 g/mol. The Bertz CT molecular complexity index is 780. The number of ether oxygens (including phenoxy) is 3. The van der Waals surface area contributed by atoms with E-state index in [0.29, 0.717) is 17.7 Å². The average molecular weight is 349 g/mol. The molecule has 0 saturated heterocycles. The summed E-state index contributed by atoms with van der Waals surface area (Å²) in [5.41, 5.74) is 2.27. The minimum Gasteiger partial charge on any atom is -0.493 e. The second-order valence-electron chi connectivity index (χ2n) is 5.47. The zero-order chi connectivity index (χ0) is 17.8. The zero-order valence-electron chi connectivity index (χ0n) is 13.6. The molecule has 2 aromatic carbocycles. The summed E-state index contributed by atoms with van der Waals surface area (Å²) in [6.07, 6.45) is 0.791. The van der Waals surface area contributed by atoms with Crippen molar-refractivity contribution < 1.29 is 27.8 Å². The van der Waals surface area contributed by atoms with Gasteiger partial charge < -0.3 is 19.5 Å². The molecule has 0 unspecified atom stereocenters. The molecule has 0 radical (unpaired) electrons. The van der Waals surface area contributed by atoms with Crippen molar-refractivity contribution in [3.8, 4) is 17.2 Å². The second kappa shape index (κ2) is 7.38. The molecule has 0 spiro atoms. The lowest BCUT2D eigenvalue weighted by molar-refractivity contribution is -0.0512. The third-order valence-electron chi connectivity index (χ3n) is 3.85. The van der Waals surface area contributed by atoms with Crippen molar-refractivity contribution in [1.29, 1.82) is 0 Å². The SMILES string of the molecule is COc1cc(CNC(=O)c2ccc3c(c2)CCO3)ccc1OC(F)F. The Kier molecular flexibility index (Phi) is 5.02. The standard InChI is InChI=1S/C18H17F2NO4/c1-23-16-8-11(2-4-15(16)25-18(19)20)10-21-17(22)13-3-5-14-12(9-13)6-7-24-14/h2-5,8-9,18H,6-7,10H2,1H3,(H,21,22). The monoisotopic (exact) mass is 349 g/mol. The van der Waals surface area contributed by atoms with Crippen molar-refractivity contribution >= 4 is 5.91 Å². The number of rotatable bonds is 6. The van der Waals surface area contributed by atoms with E-state index in [4.69, 9.17) is 9.47 Å². The smallest absolute Gasteiger partial charge is 0.387 e. The van der Waals surface area contributed by atoms with Gasteiger partial charge in [0.2, 0.25) is 0 Å². The first-order valence-electron chi connectivity index (χ1n) is 7.72. The number of benzene rings is 2. The Balaban J connectivity index is 1.65. The number of amides is 1. The molecule has 2 aromatic rings. The highest BCUT2D eigenvalue weighted by molar-refractivity contribution is 5.94. The molecule has 1 aliphatic rings. The molecule has 25 heavy (non-hydrogen) atoms. The fraction of sp³-hybridized carbons (Fsp3) is 0.278. The number of nitrogens with one attached hydrogen (secondary N) is 1. The molecule has 0 bridgehead atoms. The predicted molar refractivity (Wildman–Crippen MR) is 86.4 cm³/mol. The van der Waals surface area contributed by atoms with E-state index in [-0.39, 0.29) is 24.0 Å². The van der Waals surface area contributed by atoms with Crippen molar-refractivity contribution in [3.63, 3.8) is 0 Å². The van der Waals surface area contributed by atoms with Gasteiger partial charge in [-0.05, 0) is 41.5 Å². The zero-order valence-corrected chi connectivity index (χ0v) is 13.6. The van der Waals surface area contributed by atoms with Gasteiger partial charge in [0, 0.05) is 18.5 Å². The maximum Gasteiger partial charge on any atom is 0.387 e. The molecule has 0 fully saturated rings. The van der Waals surface area contributed by atoms with Crippen LogP contribution in [0.3, 0.4) is 0 Å². The number of hydrogen-bond acceptors (Lipinski definition) is 4. The fourth-order valence-corrected chi connectivity index (χ4v) is 2.63. The summed E-state index contributed by atoms with van der Waals surface area (Å²) in [6, 6.07) is 9.85. The molecule has 5 nitrogen and oxygen atoms in total. The molecule has 1 heterocycles. The summed E-state index contributed by atoms with van der Waals surface area (Å²) in [7, 11) is 1.36. The van der Waals surface area contributed by atoms with Crippen molar-refractivity contribution in [2.24, 2.45) is 0 Å². The summed E-state index contributed by atoms with van der Waals surface area (Å²) >= 11 is 0. The number of halogens is 2. The van der Waals surface area contributed by atoms with Crippen LogP contribution in [0.25, 0.3) is 0 Å². The van der Waals surface area contributed by atoms with Gasteiger partial charge >= 0.3 is 6.61 Å². The molecule has 3 rings (SSSR count). The lowest BCUT2D eigenvalue weighted by atomic mass is 10.1. The van der Waals surface area contributed by atoms with E-state index < -0.39 is 6.61 Å². The van der Waals surface area contributed by atoms with Gasteiger partial charge in [-0.3, -0.25) is 4.79 Å². The summed E-state index contributed by atoms with van der Waals surface area (Å²) in [4.78, 5) is 12.3. The molecule has 1 aliphatic heterocycles. The van der Waals surface area contributed by atoms with Gasteiger partial charge in [-0.1, -0.05) is 6.07 Å². The third-order valence-corrected chi connectivity index (χ3v) is 3.85. The van der Waals surface area contributed by atoms with E-state index in [1.807, 2.05) is 6.07 Å². The largest absolute Gasteiger partial charge is 0.493 e. The van der Waals surface area contributed by atoms with Crippen LogP contribution < -0.4 is 19.5 Å². The number of methoxy groups -OCH3 is 1. The van der Waals surface area contributed by atoms with E-state index in [2.05, 4.69) is 10.1 Å². The molecule has 1 amide bonds. The van der Waals surface area contributed by atoms with E-state index in [1.165, 1.54) is 13.2 Å². The Morgan fingerprint density at radius 2 is 2.08 bits per heavy atom. The maximum atomic E-state index is 12.3. The van der Waals surface area contributed by atoms with Gasteiger partial charge in [-0.15, -0.1) is 0 Å². The highest BCUT2D eigenvalue weighted by Crippen LogP contribution is 2.29. The highest BCUT2D eigenvalue weighted by atomic mass is 19.3. The van der Waals surface area contributed by atoms with Crippen LogP contribution >= 0.6 is 0 Å². The van der Waals surface area contributed by atoms with Gasteiger partial charge in [0.25, 0.3) is 5.91 Å². The van der Waals surface area contributed by atoms with Crippen LogP contribution in [0.2, 0.25) is 0 Å². The molecular formula is C18H17F2NO4. The van der Waals surface area contributed by atoms with E-state index in [9.17, 15) is 13.6 Å². The van der Waals surface area contributed by atoms with Gasteiger partial charge in [0.05, 0.1) is 13.7 Å². The number of carbonyl (C=O) groups is 1. The second-order valence-corrected chi connectivity index (χ2v) is 5.47. The normalized spacial score (nSPS) is 12.5. The fourth-order valence-electron chi connectivity index (χ4n) is 2.63. The first-order valence-corrected chi connectivity index (χ1v) is 7.72. The van der Waals surface area contributed by atoms with Crippen molar-refractivity contribution in [3.05, 3.63) is 53.1 Å². The van der Waals surface area contributed by atoms with Gasteiger partial charge in [0.15, 0.2) is 11.5 Å². The molecule has 0 saturated carbocycles. The van der Waals surface area contributed by atoms with Gasteiger partial charge in [-0.2, -0.15) is 8.78 Å². The van der Waals surface area contributed by atoms with Crippen molar-refractivity contribution in [2.75, 3.05) is 13.7 Å². The third kappa shape index (κ3) is 3.99. The molecule has 132 valence electrons. The van der Waals surface area contributed by atoms with Crippen LogP contribution in [0.15, 0.2) is 36.4 Å². The van der Waals surface area contributed by atoms with Crippen LogP contribution in [0.5, 0.6) is 17.2 Å². The summed E-state index contributed by atoms with van der Waals surface area (Å²) in [5, 5.41) is 2.79. The highest BCUT2D eigenvalue weighted by Gasteiger charge is 2.15. The number of carbonyl (C=O) groups excluding carboxylic acids is 1. The maximum absolute atomic E-state index is 12.3. The predicted octanol–water partition coefficient (Wildman–Crippen LogP) is 3.16. The van der Waals surface area contributed by atoms with Gasteiger partial charge in [0.1, 0.15) is 5.75 Å². The molecule has 1 N–H and O–H groups in total. The van der Waals surface area contributed by atoms with Crippen LogP contribution in [0.4, 0.5) is 8.78 Å². The van der Waals surface area contributed by atoms with E-state index in [1.54, 1.807) is 24.3 Å². The average Bonchev–Trinajstić information content (AvgIpc) is 3.07. The number of fused-ring (bicyclic) bond motifs is 1. The Hall–Kier alpha value is -2.83. The van der Waals surface area contributed by atoms with E-state index >= 15 is 0 Å². The summed E-state index contributed by atoms with van der Waals surface area (Å²) < 4.78 is 39.5. The topological polar surface area (TPSA) is 56.8 Å². The lowest BCUT2D eigenvalue weighted by Crippen LogP contribution is -2.22. The van der Waals surface area contributed by atoms with Crippen molar-refractivity contribution in [2.45, 2.75) is 19.6 Å². The Morgan fingerprint density at radius 1 is 1.24 bits per heavy atom. The molecule has 0 aromatic heterocycles. The lowest BCUT2D eigenvalue weighted by Gasteiger charge is -2.12. The number of alkyl halides is 2. The minimum absolute atomic E-state index is 0.0498. The quantitative estimate of drug-likeness (QED) is 0.870. The number of hydrogen-bond donors (Lipinski definition) is 1. The van der Waals surface area contributed by atoms with Crippen molar-refractivity contribution in [1.82, 2.24) is 5.32 Å². The molecule has 0 aliphatic carbocycles. The molecule has 7 heteroatoms. The molecule has 0 atom stereocenters. The van der Waals surface area contributed by atoms with Crippen LogP contribution in [-0.2, 0) is 13.0 Å². The van der Waals surface area contributed by atoms with Gasteiger partial charge in [-0.25, -0.2) is 0 Å². The van der Waals surface area contributed by atoms with Crippen LogP contribution in [-0.4, -0.2) is 26.2 Å². The first kappa shape index (κ1) is 17.0. The van der Waals surface area contributed by atoms with Crippen LogP contribution in [0.1, 0.15) is 21.5 Å².